The van der Waals surface area contributed by atoms with Crippen LogP contribution in [0.25, 0.3) is 0 Å². The Labute approximate surface area is 90.5 Å². The molecule has 3 nitrogen and oxygen atoms in total. The number of carbonyl (C=O) groups excluding carboxylic acids is 1. The zero-order valence-corrected chi connectivity index (χ0v) is 8.32. The number of aromatic nitrogens is 1. The number of benzene rings is 1. The first-order valence-electron chi connectivity index (χ1n) is 4.00. The van der Waals surface area contributed by atoms with Gasteiger partial charge in [0.1, 0.15) is 12.1 Å². The molecule has 0 N–H and O–H groups in total. The van der Waals surface area contributed by atoms with Crippen molar-refractivity contribution in [3.05, 3.63) is 54.2 Å². The van der Waals surface area contributed by atoms with Crippen molar-refractivity contribution in [2.24, 2.45) is 0 Å². The largest absolute Gasteiger partial charge is 0.365 e. The van der Waals surface area contributed by atoms with E-state index in [0.29, 0.717) is 5.56 Å². The van der Waals surface area contributed by atoms with Crippen LogP contribution in [0.2, 0.25) is 0 Å². The lowest BCUT2D eigenvalue weighted by atomic mass is 10.2. The van der Waals surface area contributed by atoms with Crippen molar-refractivity contribution in [3.8, 4) is 0 Å². The normalized spacial score (nSPS) is 8.93. The first kappa shape index (κ1) is 11.4. The predicted octanol–water partition coefficient (Wildman–Crippen LogP) is 2.88. The van der Waals surface area contributed by atoms with E-state index in [2.05, 4.69) is 9.68 Å². The molecule has 0 aliphatic heterocycles. The Morgan fingerprint density at radius 2 is 2.00 bits per heavy atom. The van der Waals surface area contributed by atoms with Crippen LogP contribution in [0, 0.1) is 5.82 Å². The topological polar surface area (TPSA) is 43.1 Å². The van der Waals surface area contributed by atoms with Gasteiger partial charge in [0.25, 0.3) is 5.24 Å². The standard InChI is InChI=1S/C7H4ClFO.C3H3NO/c8-7(10)5-1-3-6(9)4-2-5;1-2-4-5-3-1/h1-4H;1-3H. The van der Waals surface area contributed by atoms with E-state index in [1.54, 1.807) is 12.3 Å². The molecule has 0 radical (unpaired) electrons. The number of carbonyl (C=O) groups is 1. The van der Waals surface area contributed by atoms with Gasteiger partial charge in [-0.3, -0.25) is 4.79 Å². The van der Waals surface area contributed by atoms with E-state index in [9.17, 15) is 9.18 Å². The summed E-state index contributed by atoms with van der Waals surface area (Å²) in [5.41, 5.74) is 0.308. The van der Waals surface area contributed by atoms with E-state index < -0.39 is 5.24 Å². The van der Waals surface area contributed by atoms with Crippen molar-refractivity contribution in [3.63, 3.8) is 0 Å². The fourth-order valence-corrected chi connectivity index (χ4v) is 0.883. The lowest BCUT2D eigenvalue weighted by molar-refractivity contribution is 0.108. The second kappa shape index (κ2) is 5.93. The van der Waals surface area contributed by atoms with E-state index in [1.165, 1.54) is 30.5 Å². The van der Waals surface area contributed by atoms with Crippen LogP contribution in [0.5, 0.6) is 0 Å². The number of hydrogen-bond acceptors (Lipinski definition) is 3. The fourth-order valence-electron chi connectivity index (χ4n) is 0.757. The number of nitrogens with zero attached hydrogens (tertiary/aromatic N) is 1. The molecule has 5 heteroatoms. The summed E-state index contributed by atoms with van der Waals surface area (Å²) in [7, 11) is 0. The van der Waals surface area contributed by atoms with Gasteiger partial charge in [-0.25, -0.2) is 4.39 Å². The number of halogens is 2. The molecular formula is C10H7ClFNO2. The van der Waals surface area contributed by atoms with Crippen LogP contribution in [0.4, 0.5) is 4.39 Å². The van der Waals surface area contributed by atoms with Crippen molar-refractivity contribution in [2.75, 3.05) is 0 Å². The van der Waals surface area contributed by atoms with Crippen LogP contribution >= 0.6 is 11.6 Å². The van der Waals surface area contributed by atoms with Crippen LogP contribution < -0.4 is 0 Å². The van der Waals surface area contributed by atoms with Crippen molar-refractivity contribution >= 4 is 16.8 Å². The van der Waals surface area contributed by atoms with E-state index in [0.717, 1.165) is 0 Å². The molecule has 0 aliphatic rings. The smallest absolute Gasteiger partial charge is 0.252 e. The summed E-state index contributed by atoms with van der Waals surface area (Å²) in [5, 5.41) is 2.78. The average Bonchev–Trinajstić information content (AvgIpc) is 2.76. The van der Waals surface area contributed by atoms with Gasteiger partial charge in [0.15, 0.2) is 0 Å². The van der Waals surface area contributed by atoms with Gasteiger partial charge in [0.2, 0.25) is 0 Å². The molecule has 2 aromatic rings. The molecule has 0 fully saturated rings. The van der Waals surface area contributed by atoms with Crippen molar-refractivity contribution in [1.29, 1.82) is 0 Å². The Bertz CT molecular complexity index is 383. The Morgan fingerprint density at radius 3 is 2.33 bits per heavy atom. The Morgan fingerprint density at radius 1 is 1.33 bits per heavy atom. The molecule has 1 heterocycles. The Hall–Kier alpha value is -1.68. The molecule has 0 spiro atoms. The Kier molecular flexibility index (Phi) is 4.50. The van der Waals surface area contributed by atoms with Gasteiger partial charge in [0.05, 0.1) is 6.20 Å². The average molecular weight is 228 g/mol. The third-order valence-corrected chi connectivity index (χ3v) is 1.64. The lowest BCUT2D eigenvalue weighted by Gasteiger charge is -1.90. The second-order valence-corrected chi connectivity index (χ2v) is 2.81. The maximum absolute atomic E-state index is 12.2. The maximum Gasteiger partial charge on any atom is 0.252 e. The molecule has 0 aliphatic carbocycles. The molecule has 78 valence electrons. The summed E-state index contributed by atoms with van der Waals surface area (Å²) in [6.07, 6.45) is 3.10. The maximum atomic E-state index is 12.2. The van der Waals surface area contributed by atoms with Crippen LogP contribution in [0.15, 0.2) is 47.3 Å². The predicted molar refractivity (Wildman–Crippen MR) is 53.1 cm³/mol. The highest BCUT2D eigenvalue weighted by atomic mass is 35.5. The number of hydrogen-bond donors (Lipinski definition) is 0. The quantitative estimate of drug-likeness (QED) is 0.704. The van der Waals surface area contributed by atoms with E-state index in [4.69, 9.17) is 11.6 Å². The minimum Gasteiger partial charge on any atom is -0.365 e. The molecular weight excluding hydrogens is 221 g/mol. The van der Waals surface area contributed by atoms with Crippen LogP contribution in [-0.4, -0.2) is 10.4 Å². The van der Waals surface area contributed by atoms with Crippen molar-refractivity contribution in [1.82, 2.24) is 5.16 Å². The molecule has 1 aromatic carbocycles. The monoisotopic (exact) mass is 227 g/mol. The number of rotatable bonds is 1. The summed E-state index contributed by atoms with van der Waals surface area (Å²) < 4.78 is 16.5. The van der Waals surface area contributed by atoms with Crippen LogP contribution in [0.1, 0.15) is 10.4 Å². The minimum atomic E-state index is -0.569. The van der Waals surface area contributed by atoms with E-state index in [-0.39, 0.29) is 5.82 Å². The molecule has 0 saturated heterocycles. The summed E-state index contributed by atoms with van der Waals surface area (Å²) in [5.74, 6) is -0.373. The molecule has 15 heavy (non-hydrogen) atoms. The third-order valence-electron chi connectivity index (χ3n) is 1.42. The van der Waals surface area contributed by atoms with Crippen molar-refractivity contribution < 1.29 is 13.7 Å². The summed E-state index contributed by atoms with van der Waals surface area (Å²) in [6.45, 7) is 0. The molecule has 1 aromatic heterocycles. The van der Waals surface area contributed by atoms with Gasteiger partial charge >= 0.3 is 0 Å². The van der Waals surface area contributed by atoms with E-state index in [1.807, 2.05) is 0 Å². The zero-order valence-electron chi connectivity index (χ0n) is 7.56. The molecule has 0 amide bonds. The highest BCUT2D eigenvalue weighted by molar-refractivity contribution is 6.67. The van der Waals surface area contributed by atoms with Gasteiger partial charge in [-0.15, -0.1) is 0 Å². The van der Waals surface area contributed by atoms with Gasteiger partial charge in [-0.2, -0.15) is 0 Å². The molecule has 2 rings (SSSR count). The summed E-state index contributed by atoms with van der Waals surface area (Å²) >= 11 is 5.09. The highest BCUT2D eigenvalue weighted by Crippen LogP contribution is 2.04. The minimum absolute atomic E-state index is 0.308. The molecule has 0 unspecified atom stereocenters. The molecule has 0 saturated carbocycles. The van der Waals surface area contributed by atoms with Crippen molar-refractivity contribution in [2.45, 2.75) is 0 Å². The molecule has 0 atom stereocenters. The zero-order chi connectivity index (χ0) is 11.1. The summed E-state index contributed by atoms with van der Waals surface area (Å²) in [4.78, 5) is 10.4. The van der Waals surface area contributed by atoms with Gasteiger partial charge in [0, 0.05) is 5.56 Å². The van der Waals surface area contributed by atoms with E-state index >= 15 is 0 Å². The first-order chi connectivity index (χ1) is 7.20. The fraction of sp³-hybridized carbons (Fsp3) is 0. The van der Waals surface area contributed by atoms with Gasteiger partial charge in [-0.1, -0.05) is 5.16 Å². The summed E-state index contributed by atoms with van der Waals surface area (Å²) in [6, 6.07) is 6.78. The second-order valence-electron chi connectivity index (χ2n) is 2.47. The lowest BCUT2D eigenvalue weighted by Crippen LogP contribution is -1.87. The van der Waals surface area contributed by atoms with Crippen LogP contribution in [-0.2, 0) is 0 Å². The first-order valence-corrected chi connectivity index (χ1v) is 4.37. The Balaban J connectivity index is 0.000000187. The molecule has 0 bridgehead atoms. The van der Waals surface area contributed by atoms with Gasteiger partial charge < -0.3 is 4.52 Å². The third kappa shape index (κ3) is 4.37. The van der Waals surface area contributed by atoms with Crippen LogP contribution in [0.3, 0.4) is 0 Å². The van der Waals surface area contributed by atoms with Gasteiger partial charge in [-0.05, 0) is 41.9 Å². The highest BCUT2D eigenvalue weighted by Gasteiger charge is 1.99. The SMILES string of the molecule is O=C(Cl)c1ccc(F)cc1.c1cnoc1.